The molecule has 0 saturated carbocycles. The normalized spacial score (nSPS) is 17.1. The zero-order valence-corrected chi connectivity index (χ0v) is 16.3. The van der Waals surface area contributed by atoms with Crippen molar-refractivity contribution in [1.29, 1.82) is 0 Å². The molecule has 3 rings (SSSR count). The molecule has 2 aromatic rings. The van der Waals surface area contributed by atoms with Gasteiger partial charge in [0.1, 0.15) is 5.82 Å². The molecule has 1 aliphatic rings. The lowest BCUT2D eigenvalue weighted by Gasteiger charge is -2.26. The van der Waals surface area contributed by atoms with Gasteiger partial charge < -0.3 is 5.32 Å². The van der Waals surface area contributed by atoms with Gasteiger partial charge in [0, 0.05) is 6.54 Å². The summed E-state index contributed by atoms with van der Waals surface area (Å²) in [5.41, 5.74) is 2.32. The van der Waals surface area contributed by atoms with Crippen LogP contribution >= 0.6 is 12.6 Å². The Morgan fingerprint density at radius 3 is 2.73 bits per heavy atom. The zero-order valence-electron chi connectivity index (χ0n) is 14.6. The highest BCUT2D eigenvalue weighted by atomic mass is 32.2. The number of hydrogen-bond acceptors (Lipinski definition) is 4. The summed E-state index contributed by atoms with van der Waals surface area (Å²) in [6.07, 6.45) is 4.08. The summed E-state index contributed by atoms with van der Waals surface area (Å²) in [7, 11) is -3.70. The Morgan fingerprint density at radius 1 is 1.15 bits per heavy atom. The molecule has 0 bridgehead atoms. The monoisotopic (exact) mass is 393 g/mol. The van der Waals surface area contributed by atoms with Gasteiger partial charge in [-0.25, -0.2) is 12.8 Å². The molecule has 140 valence electrons. The van der Waals surface area contributed by atoms with Gasteiger partial charge in [-0.3, -0.25) is 0 Å². The fourth-order valence-electron chi connectivity index (χ4n) is 3.52. The van der Waals surface area contributed by atoms with Gasteiger partial charge in [0.25, 0.3) is 0 Å². The van der Waals surface area contributed by atoms with Crippen LogP contribution in [-0.2, 0) is 16.3 Å². The molecule has 0 aromatic heterocycles. The van der Waals surface area contributed by atoms with Gasteiger partial charge in [0.15, 0.2) is 0 Å². The largest absolute Gasteiger partial charge is 0.316 e. The van der Waals surface area contributed by atoms with Crippen molar-refractivity contribution < 1.29 is 12.8 Å². The molecule has 0 fully saturated rings. The van der Waals surface area contributed by atoms with Gasteiger partial charge in [-0.05, 0) is 85.4 Å². The first-order valence-electron chi connectivity index (χ1n) is 8.97. The third kappa shape index (κ3) is 4.30. The van der Waals surface area contributed by atoms with Gasteiger partial charge in [-0.2, -0.15) is 12.6 Å². The minimum Gasteiger partial charge on any atom is -0.316 e. The van der Waals surface area contributed by atoms with Crippen LogP contribution in [0.5, 0.6) is 0 Å². The SMILES string of the molecule is O=S(=O)(c1cccc(F)c1)c1ccc2c(c1)CCC[C@H]2CNCCCS. The van der Waals surface area contributed by atoms with E-state index in [1.54, 1.807) is 12.1 Å². The third-order valence-electron chi connectivity index (χ3n) is 4.87. The average Bonchev–Trinajstić information content (AvgIpc) is 2.65. The molecular weight excluding hydrogens is 369 g/mol. The fourth-order valence-corrected chi connectivity index (χ4v) is 5.02. The number of halogens is 1. The molecule has 0 radical (unpaired) electrons. The summed E-state index contributed by atoms with van der Waals surface area (Å²) in [5, 5.41) is 3.47. The lowest BCUT2D eigenvalue weighted by molar-refractivity contribution is 0.507. The van der Waals surface area contributed by atoms with Crippen molar-refractivity contribution in [2.45, 2.75) is 41.4 Å². The molecule has 26 heavy (non-hydrogen) atoms. The molecule has 0 amide bonds. The van der Waals surface area contributed by atoms with Gasteiger partial charge in [-0.15, -0.1) is 0 Å². The van der Waals surface area contributed by atoms with Crippen molar-refractivity contribution in [2.75, 3.05) is 18.8 Å². The van der Waals surface area contributed by atoms with Crippen molar-refractivity contribution in [3.8, 4) is 0 Å². The topological polar surface area (TPSA) is 46.2 Å². The number of fused-ring (bicyclic) bond motifs is 1. The highest BCUT2D eigenvalue weighted by molar-refractivity contribution is 7.91. The molecule has 1 aliphatic carbocycles. The fraction of sp³-hybridized carbons (Fsp3) is 0.400. The van der Waals surface area contributed by atoms with Gasteiger partial charge in [0.05, 0.1) is 9.79 Å². The van der Waals surface area contributed by atoms with Crippen LogP contribution in [0.1, 0.15) is 36.3 Å². The van der Waals surface area contributed by atoms with Crippen LogP contribution in [0, 0.1) is 5.82 Å². The van der Waals surface area contributed by atoms with Crippen molar-refractivity contribution in [1.82, 2.24) is 5.32 Å². The Morgan fingerprint density at radius 2 is 1.96 bits per heavy atom. The number of hydrogen-bond donors (Lipinski definition) is 2. The molecule has 0 spiro atoms. The molecule has 0 unspecified atom stereocenters. The number of rotatable bonds is 7. The third-order valence-corrected chi connectivity index (χ3v) is 6.94. The summed E-state index contributed by atoms with van der Waals surface area (Å²) < 4.78 is 39.1. The first kappa shape index (κ1) is 19.4. The zero-order chi connectivity index (χ0) is 18.6. The summed E-state index contributed by atoms with van der Waals surface area (Å²) in [5.74, 6) is 0.733. The maximum atomic E-state index is 13.4. The molecule has 1 atom stereocenters. The number of aryl methyl sites for hydroxylation is 1. The molecule has 6 heteroatoms. The van der Waals surface area contributed by atoms with Crippen molar-refractivity contribution in [2.24, 2.45) is 0 Å². The number of thiol groups is 1. The van der Waals surface area contributed by atoms with E-state index in [-0.39, 0.29) is 9.79 Å². The Bertz CT molecular complexity index is 868. The molecule has 0 heterocycles. The van der Waals surface area contributed by atoms with Crippen molar-refractivity contribution in [3.63, 3.8) is 0 Å². The van der Waals surface area contributed by atoms with Gasteiger partial charge in [0.2, 0.25) is 9.84 Å². The molecule has 0 aliphatic heterocycles. The smallest absolute Gasteiger partial charge is 0.206 e. The minimum atomic E-state index is -3.70. The van der Waals surface area contributed by atoms with Crippen LogP contribution in [0.3, 0.4) is 0 Å². The van der Waals surface area contributed by atoms with E-state index in [2.05, 4.69) is 17.9 Å². The highest BCUT2D eigenvalue weighted by Crippen LogP contribution is 2.34. The first-order valence-corrected chi connectivity index (χ1v) is 11.1. The Labute approximate surface area is 160 Å². The number of nitrogens with one attached hydrogen (secondary N) is 1. The van der Waals surface area contributed by atoms with Crippen LogP contribution in [0.25, 0.3) is 0 Å². The lowest BCUT2D eigenvalue weighted by atomic mass is 9.83. The summed E-state index contributed by atoms with van der Waals surface area (Å²) in [6, 6.07) is 10.5. The molecule has 1 N–H and O–H groups in total. The molecule has 0 saturated heterocycles. The van der Waals surface area contributed by atoms with Crippen molar-refractivity contribution >= 4 is 22.5 Å². The Hall–Kier alpha value is -1.37. The highest BCUT2D eigenvalue weighted by Gasteiger charge is 2.24. The summed E-state index contributed by atoms with van der Waals surface area (Å²) in [6.45, 7) is 1.85. The van der Waals surface area contributed by atoms with Gasteiger partial charge in [-0.1, -0.05) is 12.1 Å². The second kappa shape index (κ2) is 8.55. The molecule has 2 aromatic carbocycles. The maximum Gasteiger partial charge on any atom is 0.206 e. The van der Waals surface area contributed by atoms with E-state index in [0.717, 1.165) is 56.2 Å². The minimum absolute atomic E-state index is 0.00164. The number of sulfone groups is 1. The van der Waals surface area contributed by atoms with E-state index in [9.17, 15) is 12.8 Å². The second-order valence-electron chi connectivity index (χ2n) is 6.69. The Balaban J connectivity index is 1.84. The molecular formula is C20H24FNO2S2. The summed E-state index contributed by atoms with van der Waals surface area (Å²) in [4.78, 5) is 0.240. The predicted molar refractivity (Wildman–Crippen MR) is 105 cm³/mol. The van der Waals surface area contributed by atoms with Crippen LogP contribution in [0.2, 0.25) is 0 Å². The van der Waals surface area contributed by atoms with Crippen molar-refractivity contribution in [3.05, 3.63) is 59.4 Å². The van der Waals surface area contributed by atoms with E-state index in [4.69, 9.17) is 0 Å². The second-order valence-corrected chi connectivity index (χ2v) is 9.09. The Kier molecular flexibility index (Phi) is 6.37. The van der Waals surface area contributed by atoms with E-state index in [1.165, 1.54) is 23.8 Å². The van der Waals surface area contributed by atoms with Crippen LogP contribution in [0.4, 0.5) is 4.39 Å². The predicted octanol–water partition coefficient (Wildman–Crippen LogP) is 3.99. The van der Waals surface area contributed by atoms with Crippen LogP contribution in [0.15, 0.2) is 52.3 Å². The molecule has 3 nitrogen and oxygen atoms in total. The quantitative estimate of drug-likeness (QED) is 0.552. The number of benzene rings is 2. The van der Waals surface area contributed by atoms with E-state index in [1.807, 2.05) is 6.07 Å². The maximum absolute atomic E-state index is 13.4. The van der Waals surface area contributed by atoms with Crippen LogP contribution < -0.4 is 5.32 Å². The van der Waals surface area contributed by atoms with E-state index in [0.29, 0.717) is 5.92 Å². The first-order chi connectivity index (χ1) is 12.5. The average molecular weight is 394 g/mol. The standard InChI is InChI=1S/C20H24FNO2S2/c21-17-6-2-7-18(13-17)26(23,24)19-8-9-20-15(12-19)4-1-5-16(20)14-22-10-3-11-25/h2,6-9,12-13,16,22,25H,1,3-5,10-11,14H2/t16-/m0/s1. The van der Waals surface area contributed by atoms with E-state index < -0.39 is 15.7 Å². The van der Waals surface area contributed by atoms with Gasteiger partial charge >= 0.3 is 0 Å². The van der Waals surface area contributed by atoms with E-state index >= 15 is 0 Å². The van der Waals surface area contributed by atoms with Crippen LogP contribution in [-0.4, -0.2) is 27.3 Å². The lowest BCUT2D eigenvalue weighted by Crippen LogP contribution is -2.25. The summed E-state index contributed by atoms with van der Waals surface area (Å²) >= 11 is 4.22.